The largest absolute Gasteiger partial charge is 0.338 e. The van der Waals surface area contributed by atoms with E-state index in [2.05, 4.69) is 43.2 Å². The minimum absolute atomic E-state index is 0.122. The van der Waals surface area contributed by atoms with E-state index in [0.29, 0.717) is 5.92 Å². The van der Waals surface area contributed by atoms with Crippen molar-refractivity contribution in [3.8, 4) is 0 Å². The summed E-state index contributed by atoms with van der Waals surface area (Å²) in [5.41, 5.74) is 1.29. The Balaban J connectivity index is 1.57. The van der Waals surface area contributed by atoms with Crippen LogP contribution in [0.1, 0.15) is 74.1 Å². The summed E-state index contributed by atoms with van der Waals surface area (Å²) in [5, 5.41) is 7.62. The van der Waals surface area contributed by atoms with Crippen molar-refractivity contribution in [2.24, 2.45) is 0 Å². The first-order valence-electron chi connectivity index (χ1n) is 7.33. The van der Waals surface area contributed by atoms with Gasteiger partial charge in [0.15, 0.2) is 5.82 Å². The first-order valence-corrected chi connectivity index (χ1v) is 9.26. The molecule has 0 bridgehead atoms. The molecule has 0 spiro atoms. The Hall–Kier alpha value is -0.880. The van der Waals surface area contributed by atoms with Crippen molar-refractivity contribution in [2.75, 3.05) is 0 Å². The van der Waals surface area contributed by atoms with Gasteiger partial charge < -0.3 is 4.52 Å². The van der Waals surface area contributed by atoms with Crippen LogP contribution < -0.4 is 0 Å². The number of nitrogens with zero attached hydrogens (tertiary/aromatic N) is 3. The number of aromatic nitrogens is 3. The van der Waals surface area contributed by atoms with E-state index in [1.807, 2.05) is 0 Å². The molecule has 114 valence electrons. The molecule has 2 heterocycles. The molecule has 0 N–H and O–H groups in total. The maximum Gasteiger partial charge on any atom is 0.239 e. The number of hydrogen-bond acceptors (Lipinski definition) is 6. The van der Waals surface area contributed by atoms with E-state index in [1.54, 1.807) is 23.1 Å². The van der Waals surface area contributed by atoms with Crippen molar-refractivity contribution in [3.05, 3.63) is 27.8 Å². The van der Waals surface area contributed by atoms with Crippen molar-refractivity contribution < 1.29 is 4.52 Å². The molecule has 0 unspecified atom stereocenters. The molecule has 0 saturated heterocycles. The van der Waals surface area contributed by atoms with Crippen LogP contribution in [0.15, 0.2) is 9.90 Å². The lowest BCUT2D eigenvalue weighted by Crippen LogP contribution is -2.11. The van der Waals surface area contributed by atoms with Crippen molar-refractivity contribution in [1.82, 2.24) is 15.1 Å². The molecule has 4 nitrogen and oxygen atoms in total. The molecule has 1 atom stereocenters. The van der Waals surface area contributed by atoms with E-state index in [9.17, 15) is 0 Å². The van der Waals surface area contributed by atoms with E-state index in [-0.39, 0.29) is 10.7 Å². The molecule has 1 saturated carbocycles. The predicted octanol–water partition coefficient (Wildman–Crippen LogP) is 4.70. The minimum Gasteiger partial charge on any atom is -0.338 e. The molecule has 0 aromatic carbocycles. The highest BCUT2D eigenvalue weighted by molar-refractivity contribution is 7.98. The van der Waals surface area contributed by atoms with E-state index in [0.717, 1.165) is 17.5 Å². The fraction of sp³-hybridized carbons (Fsp3) is 0.667. The van der Waals surface area contributed by atoms with Gasteiger partial charge in [0.1, 0.15) is 5.01 Å². The van der Waals surface area contributed by atoms with Gasteiger partial charge in [0.2, 0.25) is 5.89 Å². The second-order valence-corrected chi connectivity index (χ2v) is 8.87. The summed E-state index contributed by atoms with van der Waals surface area (Å²) >= 11 is 3.54. The van der Waals surface area contributed by atoms with Gasteiger partial charge in [-0.2, -0.15) is 4.98 Å². The Labute approximate surface area is 133 Å². The Morgan fingerprint density at radius 2 is 2.14 bits per heavy atom. The van der Waals surface area contributed by atoms with Crippen LogP contribution in [0.4, 0.5) is 0 Å². The SMILES string of the molecule is C[C@@H](SCc1nc(C(C)(C)C)cs1)c1nc(C2CC2)no1. The zero-order valence-corrected chi connectivity index (χ0v) is 14.6. The highest BCUT2D eigenvalue weighted by atomic mass is 32.2. The number of rotatable bonds is 5. The first kappa shape index (κ1) is 15.0. The second-order valence-electron chi connectivity index (χ2n) is 6.59. The Morgan fingerprint density at radius 1 is 1.38 bits per heavy atom. The molecule has 2 aromatic rings. The molecule has 0 aliphatic heterocycles. The van der Waals surface area contributed by atoms with Gasteiger partial charge in [-0.25, -0.2) is 4.98 Å². The molecule has 0 radical (unpaired) electrons. The van der Waals surface area contributed by atoms with Gasteiger partial charge in [-0.1, -0.05) is 25.9 Å². The average Bonchev–Trinajstić information content (AvgIpc) is 2.97. The van der Waals surface area contributed by atoms with E-state index < -0.39 is 0 Å². The third kappa shape index (κ3) is 3.66. The van der Waals surface area contributed by atoms with Crippen LogP contribution in [-0.4, -0.2) is 15.1 Å². The zero-order valence-electron chi connectivity index (χ0n) is 12.9. The summed E-state index contributed by atoms with van der Waals surface area (Å²) in [6.07, 6.45) is 2.41. The molecular weight excluding hydrogens is 302 g/mol. The number of thiazole rings is 1. The molecular formula is C15H21N3OS2. The van der Waals surface area contributed by atoms with Crippen molar-refractivity contribution >= 4 is 23.1 Å². The van der Waals surface area contributed by atoms with Gasteiger partial charge in [-0.15, -0.1) is 23.1 Å². The van der Waals surface area contributed by atoms with Gasteiger partial charge >= 0.3 is 0 Å². The van der Waals surface area contributed by atoms with E-state index >= 15 is 0 Å². The third-order valence-corrected chi connectivity index (χ3v) is 5.70. The smallest absolute Gasteiger partial charge is 0.239 e. The zero-order chi connectivity index (χ0) is 15.0. The summed E-state index contributed by atoms with van der Waals surface area (Å²) < 4.78 is 5.38. The van der Waals surface area contributed by atoms with Crippen LogP contribution in [0.2, 0.25) is 0 Å². The summed E-state index contributed by atoms with van der Waals surface area (Å²) in [6.45, 7) is 8.70. The third-order valence-electron chi connectivity index (χ3n) is 3.52. The fourth-order valence-electron chi connectivity index (χ4n) is 1.91. The predicted molar refractivity (Wildman–Crippen MR) is 86.8 cm³/mol. The normalized spacial score (nSPS) is 17.1. The summed E-state index contributed by atoms with van der Waals surface area (Å²) in [6, 6.07) is 0. The lowest BCUT2D eigenvalue weighted by Gasteiger charge is -2.14. The Kier molecular flexibility index (Phi) is 4.10. The lowest BCUT2D eigenvalue weighted by molar-refractivity contribution is 0.375. The number of thioether (sulfide) groups is 1. The fourth-order valence-corrected chi connectivity index (χ4v) is 3.89. The molecule has 1 aliphatic rings. The summed E-state index contributed by atoms with van der Waals surface area (Å²) in [5.74, 6) is 3.08. The maximum atomic E-state index is 5.38. The van der Waals surface area contributed by atoms with Gasteiger partial charge in [0, 0.05) is 22.5 Å². The van der Waals surface area contributed by atoms with Gasteiger partial charge in [0.05, 0.1) is 10.9 Å². The Morgan fingerprint density at radius 3 is 2.76 bits per heavy atom. The summed E-state index contributed by atoms with van der Waals surface area (Å²) in [4.78, 5) is 9.23. The number of hydrogen-bond donors (Lipinski definition) is 0. The van der Waals surface area contributed by atoms with Crippen molar-refractivity contribution in [1.29, 1.82) is 0 Å². The molecule has 3 rings (SSSR count). The van der Waals surface area contributed by atoms with Crippen LogP contribution >= 0.6 is 23.1 Å². The topological polar surface area (TPSA) is 51.8 Å². The monoisotopic (exact) mass is 323 g/mol. The van der Waals surface area contributed by atoms with Crippen molar-refractivity contribution in [2.45, 2.75) is 62.9 Å². The minimum atomic E-state index is 0.122. The lowest BCUT2D eigenvalue weighted by atomic mass is 9.93. The van der Waals surface area contributed by atoms with Crippen LogP contribution in [0, 0.1) is 0 Å². The maximum absolute atomic E-state index is 5.38. The Bertz CT molecular complexity index is 610. The van der Waals surface area contributed by atoms with Crippen LogP contribution in [-0.2, 0) is 11.2 Å². The average molecular weight is 323 g/mol. The van der Waals surface area contributed by atoms with E-state index in [4.69, 9.17) is 9.51 Å². The van der Waals surface area contributed by atoms with Crippen LogP contribution in [0.25, 0.3) is 0 Å². The van der Waals surface area contributed by atoms with Crippen LogP contribution in [0.3, 0.4) is 0 Å². The van der Waals surface area contributed by atoms with Gasteiger partial charge in [0.25, 0.3) is 0 Å². The quantitative estimate of drug-likeness (QED) is 0.798. The van der Waals surface area contributed by atoms with Crippen LogP contribution in [0.5, 0.6) is 0 Å². The molecule has 1 fully saturated rings. The molecule has 6 heteroatoms. The standard InChI is InChI=1S/C15H21N3OS2/c1-9(14-17-13(18-19-14)10-5-6-10)20-8-12-16-11(7-21-12)15(2,3)4/h7,9-10H,5-6,8H2,1-4H3/t9-/m1/s1. The van der Waals surface area contributed by atoms with Gasteiger partial charge in [-0.3, -0.25) is 0 Å². The molecule has 0 amide bonds. The van der Waals surface area contributed by atoms with Gasteiger partial charge in [-0.05, 0) is 19.8 Å². The first-order chi connectivity index (χ1) is 9.93. The van der Waals surface area contributed by atoms with Crippen molar-refractivity contribution in [3.63, 3.8) is 0 Å². The molecule has 2 aromatic heterocycles. The summed E-state index contributed by atoms with van der Waals surface area (Å²) in [7, 11) is 0. The van der Waals surface area contributed by atoms with E-state index in [1.165, 1.54) is 23.5 Å². The highest BCUT2D eigenvalue weighted by Gasteiger charge is 2.29. The molecule has 1 aliphatic carbocycles. The second kappa shape index (κ2) is 5.72. The highest BCUT2D eigenvalue weighted by Crippen LogP contribution is 2.39. The molecule has 21 heavy (non-hydrogen) atoms.